The summed E-state index contributed by atoms with van der Waals surface area (Å²) in [4.78, 5) is 4.24. The Bertz CT molecular complexity index is 506. The maximum atomic E-state index is 5.53. The average molecular weight is 232 g/mol. The molecule has 2 aromatic rings. The van der Waals surface area contributed by atoms with Crippen molar-refractivity contribution < 1.29 is 9.15 Å². The molecule has 90 valence electrons. The molecule has 1 aromatic heterocycles. The number of aromatic nitrogens is 1. The maximum Gasteiger partial charge on any atom is 0.181 e. The molecular formula is C13H16N2O2. The molecule has 0 unspecified atom stereocenters. The van der Waals surface area contributed by atoms with Gasteiger partial charge in [0, 0.05) is 12.0 Å². The van der Waals surface area contributed by atoms with E-state index in [4.69, 9.17) is 14.9 Å². The van der Waals surface area contributed by atoms with E-state index in [0.717, 1.165) is 28.3 Å². The van der Waals surface area contributed by atoms with Gasteiger partial charge in [-0.05, 0) is 37.2 Å². The van der Waals surface area contributed by atoms with Gasteiger partial charge >= 0.3 is 0 Å². The van der Waals surface area contributed by atoms with Crippen molar-refractivity contribution in [2.75, 3.05) is 13.7 Å². The Kier molecular flexibility index (Phi) is 3.44. The van der Waals surface area contributed by atoms with Crippen LogP contribution < -0.4 is 10.5 Å². The summed E-state index contributed by atoms with van der Waals surface area (Å²) in [7, 11) is 1.66. The number of nitrogens with zero attached hydrogens (tertiary/aromatic N) is 1. The lowest BCUT2D eigenvalue weighted by Crippen LogP contribution is -2.02. The minimum atomic E-state index is 0.553. The van der Waals surface area contributed by atoms with Crippen molar-refractivity contribution in [3.05, 3.63) is 35.9 Å². The summed E-state index contributed by atoms with van der Waals surface area (Å²) in [5.74, 6) is 1.70. The summed E-state index contributed by atoms with van der Waals surface area (Å²) < 4.78 is 10.6. The Morgan fingerprint density at radius 2 is 2.24 bits per heavy atom. The molecule has 0 saturated carbocycles. The van der Waals surface area contributed by atoms with Crippen LogP contribution in [0.2, 0.25) is 0 Å². The molecule has 4 nitrogen and oxygen atoms in total. The van der Waals surface area contributed by atoms with Crippen LogP contribution in [0.4, 0.5) is 0 Å². The summed E-state index contributed by atoms with van der Waals surface area (Å²) in [6.45, 7) is 2.56. The van der Waals surface area contributed by atoms with E-state index in [0.29, 0.717) is 13.0 Å². The van der Waals surface area contributed by atoms with Crippen LogP contribution in [0, 0.1) is 6.92 Å². The van der Waals surface area contributed by atoms with E-state index in [-0.39, 0.29) is 0 Å². The zero-order valence-electron chi connectivity index (χ0n) is 10.1. The predicted octanol–water partition coefficient (Wildman–Crippen LogP) is 2.16. The molecule has 17 heavy (non-hydrogen) atoms. The smallest absolute Gasteiger partial charge is 0.181 e. The molecule has 1 heterocycles. The highest BCUT2D eigenvalue weighted by atomic mass is 16.5. The molecule has 4 heteroatoms. The molecule has 0 aliphatic heterocycles. The van der Waals surface area contributed by atoms with Crippen molar-refractivity contribution in [2.45, 2.75) is 13.3 Å². The number of hydrogen-bond donors (Lipinski definition) is 1. The average Bonchev–Trinajstić information content (AvgIpc) is 2.78. The molecule has 0 bridgehead atoms. The normalized spacial score (nSPS) is 10.5. The number of methoxy groups -OCH3 is 1. The fourth-order valence-corrected chi connectivity index (χ4v) is 1.84. The van der Waals surface area contributed by atoms with Gasteiger partial charge in [-0.2, -0.15) is 0 Å². The Hall–Kier alpha value is -1.81. The molecule has 0 saturated heterocycles. The summed E-state index contributed by atoms with van der Waals surface area (Å²) in [6.07, 6.45) is 2.15. The van der Waals surface area contributed by atoms with E-state index in [1.54, 1.807) is 7.11 Å². The first kappa shape index (κ1) is 11.7. The molecule has 0 fully saturated rings. The standard InChI is InChI=1S/C13H16N2O2/c1-9-7-10(3-4-11(9)16-2)13-12(5-6-14)17-8-15-13/h3-4,7-8H,5-6,14H2,1-2H3. The summed E-state index contributed by atoms with van der Waals surface area (Å²) in [5, 5.41) is 0. The van der Waals surface area contributed by atoms with Gasteiger partial charge in [0.2, 0.25) is 0 Å². The van der Waals surface area contributed by atoms with E-state index in [1.807, 2.05) is 25.1 Å². The van der Waals surface area contributed by atoms with E-state index in [2.05, 4.69) is 4.98 Å². The third kappa shape index (κ3) is 2.31. The molecule has 0 aliphatic carbocycles. The fourth-order valence-electron chi connectivity index (χ4n) is 1.84. The Morgan fingerprint density at radius 1 is 1.41 bits per heavy atom. The van der Waals surface area contributed by atoms with Crippen molar-refractivity contribution in [1.82, 2.24) is 4.98 Å². The van der Waals surface area contributed by atoms with Crippen LogP contribution >= 0.6 is 0 Å². The van der Waals surface area contributed by atoms with Gasteiger partial charge < -0.3 is 14.9 Å². The summed E-state index contributed by atoms with van der Waals surface area (Å²) >= 11 is 0. The molecule has 0 atom stereocenters. The second kappa shape index (κ2) is 5.01. The van der Waals surface area contributed by atoms with Gasteiger partial charge in [0.15, 0.2) is 6.39 Å². The van der Waals surface area contributed by atoms with E-state index in [1.165, 1.54) is 6.39 Å². The van der Waals surface area contributed by atoms with Crippen molar-refractivity contribution in [3.8, 4) is 17.0 Å². The van der Waals surface area contributed by atoms with Gasteiger partial charge in [-0.15, -0.1) is 0 Å². The van der Waals surface area contributed by atoms with Gasteiger partial charge in [0.05, 0.1) is 7.11 Å². The second-order valence-electron chi connectivity index (χ2n) is 3.85. The number of rotatable bonds is 4. The first-order valence-corrected chi connectivity index (χ1v) is 5.53. The zero-order valence-corrected chi connectivity index (χ0v) is 10.1. The first-order chi connectivity index (χ1) is 8.26. The molecule has 0 amide bonds. The number of hydrogen-bond acceptors (Lipinski definition) is 4. The third-order valence-electron chi connectivity index (χ3n) is 2.68. The Balaban J connectivity index is 2.39. The zero-order chi connectivity index (χ0) is 12.3. The fraction of sp³-hybridized carbons (Fsp3) is 0.308. The SMILES string of the molecule is COc1ccc(-c2ncoc2CCN)cc1C. The van der Waals surface area contributed by atoms with Gasteiger partial charge in [-0.25, -0.2) is 4.98 Å². The highest BCUT2D eigenvalue weighted by molar-refractivity contribution is 5.63. The number of ether oxygens (including phenoxy) is 1. The lowest BCUT2D eigenvalue weighted by molar-refractivity contribution is 0.412. The maximum absolute atomic E-state index is 5.53. The Morgan fingerprint density at radius 3 is 2.88 bits per heavy atom. The lowest BCUT2D eigenvalue weighted by Gasteiger charge is -2.06. The monoisotopic (exact) mass is 232 g/mol. The van der Waals surface area contributed by atoms with Crippen LogP contribution in [-0.2, 0) is 6.42 Å². The quantitative estimate of drug-likeness (QED) is 0.877. The van der Waals surface area contributed by atoms with Crippen molar-refractivity contribution in [3.63, 3.8) is 0 Å². The topological polar surface area (TPSA) is 61.3 Å². The van der Waals surface area contributed by atoms with Crippen LogP contribution in [0.1, 0.15) is 11.3 Å². The number of aryl methyl sites for hydroxylation is 1. The van der Waals surface area contributed by atoms with Crippen LogP contribution in [0.25, 0.3) is 11.3 Å². The number of benzene rings is 1. The van der Waals surface area contributed by atoms with Crippen molar-refractivity contribution >= 4 is 0 Å². The van der Waals surface area contributed by atoms with Crippen LogP contribution in [-0.4, -0.2) is 18.6 Å². The van der Waals surface area contributed by atoms with Gasteiger partial charge in [0.1, 0.15) is 17.2 Å². The molecule has 2 rings (SSSR count). The first-order valence-electron chi connectivity index (χ1n) is 5.53. The van der Waals surface area contributed by atoms with E-state index in [9.17, 15) is 0 Å². The Labute approximate surface area is 100 Å². The molecule has 2 N–H and O–H groups in total. The predicted molar refractivity (Wildman–Crippen MR) is 66.0 cm³/mol. The minimum Gasteiger partial charge on any atom is -0.496 e. The highest BCUT2D eigenvalue weighted by Crippen LogP contribution is 2.27. The highest BCUT2D eigenvalue weighted by Gasteiger charge is 2.11. The molecule has 1 aromatic carbocycles. The van der Waals surface area contributed by atoms with Gasteiger partial charge in [-0.1, -0.05) is 0 Å². The van der Waals surface area contributed by atoms with Crippen LogP contribution in [0.5, 0.6) is 5.75 Å². The number of nitrogens with two attached hydrogens (primary N) is 1. The van der Waals surface area contributed by atoms with Gasteiger partial charge in [0.25, 0.3) is 0 Å². The number of oxazole rings is 1. The lowest BCUT2D eigenvalue weighted by atomic mass is 10.1. The molecule has 0 spiro atoms. The van der Waals surface area contributed by atoms with Gasteiger partial charge in [-0.3, -0.25) is 0 Å². The molecular weight excluding hydrogens is 216 g/mol. The van der Waals surface area contributed by atoms with Crippen LogP contribution in [0.3, 0.4) is 0 Å². The third-order valence-corrected chi connectivity index (χ3v) is 2.68. The second-order valence-corrected chi connectivity index (χ2v) is 3.85. The summed E-state index contributed by atoms with van der Waals surface area (Å²) in [5.41, 5.74) is 8.50. The summed E-state index contributed by atoms with van der Waals surface area (Å²) in [6, 6.07) is 5.95. The van der Waals surface area contributed by atoms with E-state index >= 15 is 0 Å². The molecule has 0 radical (unpaired) electrons. The largest absolute Gasteiger partial charge is 0.496 e. The van der Waals surface area contributed by atoms with Crippen molar-refractivity contribution in [2.24, 2.45) is 5.73 Å². The van der Waals surface area contributed by atoms with E-state index < -0.39 is 0 Å². The molecule has 0 aliphatic rings. The minimum absolute atomic E-state index is 0.553. The van der Waals surface area contributed by atoms with Crippen molar-refractivity contribution in [1.29, 1.82) is 0 Å². The van der Waals surface area contributed by atoms with Crippen LogP contribution in [0.15, 0.2) is 29.0 Å².